The first-order valence-corrected chi connectivity index (χ1v) is 7.41. The number of aromatic nitrogens is 3. The number of para-hydroxylation sites is 1. The molecule has 102 valence electrons. The van der Waals surface area contributed by atoms with Crippen LogP contribution in [0.1, 0.15) is 28.2 Å². The molecule has 1 aliphatic carbocycles. The molecule has 0 saturated heterocycles. The molecule has 0 N–H and O–H groups in total. The van der Waals surface area contributed by atoms with Gasteiger partial charge in [0.2, 0.25) is 5.69 Å². The van der Waals surface area contributed by atoms with E-state index in [0.717, 1.165) is 12.8 Å². The van der Waals surface area contributed by atoms with Crippen LogP contribution in [0.2, 0.25) is 0 Å². The Morgan fingerprint density at radius 3 is 2.86 bits per heavy atom. The molecule has 0 radical (unpaired) electrons. The van der Waals surface area contributed by atoms with Crippen molar-refractivity contribution < 1.29 is 4.57 Å². The van der Waals surface area contributed by atoms with E-state index in [4.69, 9.17) is 4.98 Å². The molecule has 3 aromatic rings. The van der Waals surface area contributed by atoms with Crippen molar-refractivity contribution in [3.8, 4) is 17.1 Å². The summed E-state index contributed by atoms with van der Waals surface area (Å²) in [6.45, 7) is 2.20. The van der Waals surface area contributed by atoms with E-state index in [0.29, 0.717) is 0 Å². The maximum Gasteiger partial charge on any atom is 0.234 e. The standard InChI is InChI=1S/C18H16N3/c1-11-5-3-6-13-10-15-19-14-9-12-7-4-8-20(2)17(12)18(14)21(15)16(11)13/h3-8H,9-10H2,1-2H3/q+1. The summed E-state index contributed by atoms with van der Waals surface area (Å²) in [6.07, 6.45) is 4.04. The van der Waals surface area contributed by atoms with Gasteiger partial charge in [-0.2, -0.15) is 4.57 Å². The summed E-state index contributed by atoms with van der Waals surface area (Å²) in [4.78, 5) is 4.93. The van der Waals surface area contributed by atoms with Crippen molar-refractivity contribution in [1.29, 1.82) is 0 Å². The van der Waals surface area contributed by atoms with Crippen LogP contribution in [0, 0.1) is 6.92 Å². The van der Waals surface area contributed by atoms with Crippen LogP contribution in [0.15, 0.2) is 36.5 Å². The smallest absolute Gasteiger partial charge is 0.234 e. The summed E-state index contributed by atoms with van der Waals surface area (Å²) in [5.41, 5.74) is 9.31. The van der Waals surface area contributed by atoms with Gasteiger partial charge in [-0.05, 0) is 24.1 Å². The molecule has 0 spiro atoms. The Morgan fingerprint density at radius 1 is 1.10 bits per heavy atom. The Kier molecular flexibility index (Phi) is 1.94. The zero-order valence-electron chi connectivity index (χ0n) is 12.2. The molecule has 2 aliphatic rings. The van der Waals surface area contributed by atoms with Crippen molar-refractivity contribution in [1.82, 2.24) is 9.55 Å². The zero-order chi connectivity index (χ0) is 14.1. The van der Waals surface area contributed by atoms with Gasteiger partial charge in [0.25, 0.3) is 0 Å². The summed E-state index contributed by atoms with van der Waals surface area (Å²) in [6, 6.07) is 10.9. The molecule has 3 heteroatoms. The van der Waals surface area contributed by atoms with Gasteiger partial charge in [-0.15, -0.1) is 0 Å². The molecular formula is C18H16N3+. The number of rotatable bonds is 0. The van der Waals surface area contributed by atoms with E-state index in [2.05, 4.69) is 59.6 Å². The second-order valence-corrected chi connectivity index (χ2v) is 6.09. The van der Waals surface area contributed by atoms with Gasteiger partial charge in [0.15, 0.2) is 6.20 Å². The first kappa shape index (κ1) is 11.3. The molecule has 0 bridgehead atoms. The second-order valence-electron chi connectivity index (χ2n) is 6.09. The Labute approximate surface area is 123 Å². The van der Waals surface area contributed by atoms with Crippen molar-refractivity contribution in [2.24, 2.45) is 7.05 Å². The monoisotopic (exact) mass is 274 g/mol. The van der Waals surface area contributed by atoms with Gasteiger partial charge in [-0.3, -0.25) is 4.57 Å². The molecule has 0 unspecified atom stereocenters. The molecular weight excluding hydrogens is 258 g/mol. The third-order valence-corrected chi connectivity index (χ3v) is 4.76. The lowest BCUT2D eigenvalue weighted by Gasteiger charge is -2.09. The number of hydrogen-bond acceptors (Lipinski definition) is 1. The van der Waals surface area contributed by atoms with Crippen LogP contribution < -0.4 is 4.57 Å². The van der Waals surface area contributed by atoms with Crippen molar-refractivity contribution in [2.75, 3.05) is 0 Å². The van der Waals surface area contributed by atoms with Crippen LogP contribution in [-0.4, -0.2) is 9.55 Å². The second kappa shape index (κ2) is 3.61. The molecule has 1 aliphatic heterocycles. The van der Waals surface area contributed by atoms with Crippen LogP contribution in [0.4, 0.5) is 0 Å². The van der Waals surface area contributed by atoms with Gasteiger partial charge < -0.3 is 0 Å². The van der Waals surface area contributed by atoms with E-state index in [1.165, 1.54) is 45.3 Å². The van der Waals surface area contributed by atoms with E-state index >= 15 is 0 Å². The fraction of sp³-hybridized carbons (Fsp3) is 0.222. The molecule has 3 heterocycles. The summed E-state index contributed by atoms with van der Waals surface area (Å²) >= 11 is 0. The van der Waals surface area contributed by atoms with E-state index < -0.39 is 0 Å². The van der Waals surface area contributed by atoms with Gasteiger partial charge in [0, 0.05) is 24.5 Å². The average Bonchev–Trinajstić information content (AvgIpc) is 3.05. The minimum atomic E-state index is 0.954. The molecule has 0 saturated carbocycles. The number of aryl methyl sites for hydroxylation is 2. The van der Waals surface area contributed by atoms with Gasteiger partial charge in [0.05, 0.1) is 11.4 Å². The average molecular weight is 274 g/mol. The van der Waals surface area contributed by atoms with E-state index in [-0.39, 0.29) is 0 Å². The molecule has 2 aromatic heterocycles. The van der Waals surface area contributed by atoms with Crippen LogP contribution in [0.3, 0.4) is 0 Å². The topological polar surface area (TPSA) is 21.7 Å². The van der Waals surface area contributed by atoms with Crippen LogP contribution >= 0.6 is 0 Å². The van der Waals surface area contributed by atoms with E-state index in [1.54, 1.807) is 0 Å². The Balaban J connectivity index is 1.89. The largest absolute Gasteiger partial charge is 0.290 e. The summed E-state index contributed by atoms with van der Waals surface area (Å²) in [5, 5.41) is 0. The summed E-state index contributed by atoms with van der Waals surface area (Å²) < 4.78 is 4.62. The van der Waals surface area contributed by atoms with Crippen molar-refractivity contribution >= 4 is 0 Å². The van der Waals surface area contributed by atoms with Crippen molar-refractivity contribution in [3.63, 3.8) is 0 Å². The van der Waals surface area contributed by atoms with E-state index in [9.17, 15) is 0 Å². The maximum atomic E-state index is 4.93. The fourth-order valence-electron chi connectivity index (χ4n) is 3.91. The highest BCUT2D eigenvalue weighted by atomic mass is 15.1. The number of benzene rings is 1. The Hall–Kier alpha value is -2.42. The molecule has 1 aromatic carbocycles. The zero-order valence-corrected chi connectivity index (χ0v) is 12.2. The molecule has 21 heavy (non-hydrogen) atoms. The highest BCUT2D eigenvalue weighted by Gasteiger charge is 2.36. The molecule has 0 fully saturated rings. The van der Waals surface area contributed by atoms with Gasteiger partial charge in [0.1, 0.15) is 18.6 Å². The first-order chi connectivity index (χ1) is 10.2. The van der Waals surface area contributed by atoms with Gasteiger partial charge in [-0.25, -0.2) is 4.98 Å². The number of fused-ring (bicyclic) bond motifs is 7. The minimum absolute atomic E-state index is 0.954. The molecule has 0 atom stereocenters. The maximum absolute atomic E-state index is 4.93. The Bertz CT molecular complexity index is 844. The predicted octanol–water partition coefficient (Wildman–Crippen LogP) is 2.48. The summed E-state index contributed by atoms with van der Waals surface area (Å²) in [7, 11) is 2.13. The third kappa shape index (κ3) is 1.29. The molecule has 3 nitrogen and oxygen atoms in total. The van der Waals surface area contributed by atoms with Crippen LogP contribution in [0.25, 0.3) is 17.1 Å². The molecule has 0 amide bonds. The predicted molar refractivity (Wildman–Crippen MR) is 80.5 cm³/mol. The van der Waals surface area contributed by atoms with Crippen molar-refractivity contribution in [3.05, 3.63) is 64.7 Å². The quantitative estimate of drug-likeness (QED) is 0.398. The van der Waals surface area contributed by atoms with Crippen molar-refractivity contribution in [2.45, 2.75) is 19.8 Å². The summed E-state index contributed by atoms with van der Waals surface area (Å²) in [5.74, 6) is 1.19. The molecule has 5 rings (SSSR count). The normalized spacial score (nSPS) is 13.8. The highest BCUT2D eigenvalue weighted by Crippen LogP contribution is 2.41. The van der Waals surface area contributed by atoms with Gasteiger partial charge >= 0.3 is 0 Å². The number of imidazole rings is 1. The highest BCUT2D eigenvalue weighted by molar-refractivity contribution is 5.72. The van der Waals surface area contributed by atoms with Crippen LogP contribution in [-0.2, 0) is 19.9 Å². The lowest BCUT2D eigenvalue weighted by atomic mass is 10.1. The number of hydrogen-bond donors (Lipinski definition) is 0. The van der Waals surface area contributed by atoms with Crippen LogP contribution in [0.5, 0.6) is 0 Å². The lowest BCUT2D eigenvalue weighted by molar-refractivity contribution is -0.660. The first-order valence-electron chi connectivity index (χ1n) is 7.41. The Morgan fingerprint density at radius 2 is 1.95 bits per heavy atom. The third-order valence-electron chi connectivity index (χ3n) is 4.76. The number of nitrogens with zero attached hydrogens (tertiary/aromatic N) is 3. The SMILES string of the molecule is Cc1cccc2c1-n1c(nc3c1-c1c(ccc[n+]1C)C3)C2. The van der Waals surface area contributed by atoms with Gasteiger partial charge in [-0.1, -0.05) is 18.2 Å². The van der Waals surface area contributed by atoms with E-state index in [1.807, 2.05) is 0 Å². The number of pyridine rings is 1. The minimum Gasteiger partial charge on any atom is -0.290 e. The lowest BCUT2D eigenvalue weighted by Crippen LogP contribution is -2.31. The fourth-order valence-corrected chi connectivity index (χ4v) is 3.91.